The number of carboxylic acids is 1. The molecular weight excluding hydrogens is 320 g/mol. The minimum Gasteiger partial charge on any atom is -0.481 e. The molecule has 6 heteroatoms. The average molecular weight is 346 g/mol. The second-order valence-corrected chi connectivity index (χ2v) is 7.77. The van der Waals surface area contributed by atoms with Crippen molar-refractivity contribution in [1.82, 2.24) is 5.32 Å². The fraction of sp³-hybridized carbons (Fsp3) is 0.526. The van der Waals surface area contributed by atoms with Gasteiger partial charge in [-0.25, -0.2) is 0 Å². The van der Waals surface area contributed by atoms with E-state index in [2.05, 4.69) is 10.6 Å². The fourth-order valence-corrected chi connectivity index (χ4v) is 3.22. The Morgan fingerprint density at radius 1 is 1.12 bits per heavy atom. The molecule has 1 aliphatic rings. The van der Waals surface area contributed by atoms with Crippen LogP contribution in [0.2, 0.25) is 0 Å². The van der Waals surface area contributed by atoms with Crippen LogP contribution in [0, 0.1) is 5.41 Å². The molecule has 0 spiro atoms. The van der Waals surface area contributed by atoms with Gasteiger partial charge in [-0.3, -0.25) is 14.4 Å². The molecule has 25 heavy (non-hydrogen) atoms. The van der Waals surface area contributed by atoms with Crippen molar-refractivity contribution in [2.75, 3.05) is 5.32 Å². The number of aliphatic carboxylic acids is 1. The van der Waals surface area contributed by atoms with E-state index in [1.165, 1.54) is 0 Å². The summed E-state index contributed by atoms with van der Waals surface area (Å²) in [6.45, 7) is 5.63. The van der Waals surface area contributed by atoms with Crippen molar-refractivity contribution in [3.8, 4) is 0 Å². The number of carboxylic acid groups (broad SMARTS) is 1. The molecule has 2 amide bonds. The van der Waals surface area contributed by atoms with Crippen molar-refractivity contribution in [2.45, 2.75) is 58.4 Å². The molecule has 0 unspecified atom stereocenters. The number of anilines is 1. The molecule has 6 nitrogen and oxygen atoms in total. The molecule has 0 radical (unpaired) electrons. The average Bonchev–Trinajstić information content (AvgIpc) is 2.95. The molecule has 1 fully saturated rings. The lowest BCUT2D eigenvalue weighted by Crippen LogP contribution is -2.41. The summed E-state index contributed by atoms with van der Waals surface area (Å²) < 4.78 is 0. The van der Waals surface area contributed by atoms with E-state index >= 15 is 0 Å². The first-order chi connectivity index (χ1) is 11.6. The van der Waals surface area contributed by atoms with Crippen LogP contribution in [0.1, 0.15) is 63.2 Å². The lowest BCUT2D eigenvalue weighted by Gasteiger charge is -2.24. The largest absolute Gasteiger partial charge is 0.481 e. The molecule has 1 aromatic rings. The van der Waals surface area contributed by atoms with E-state index in [9.17, 15) is 19.5 Å². The molecule has 1 aliphatic carbocycles. The van der Waals surface area contributed by atoms with E-state index in [-0.39, 0.29) is 18.2 Å². The SMILES string of the molecule is CC(C)(C)NC(=O)c1ccccc1NC(=O)CC1(C(=O)O)CCCC1. The van der Waals surface area contributed by atoms with Crippen LogP contribution in [-0.2, 0) is 9.59 Å². The van der Waals surface area contributed by atoms with Crippen molar-refractivity contribution in [2.24, 2.45) is 5.41 Å². The number of nitrogens with one attached hydrogen (secondary N) is 2. The van der Waals surface area contributed by atoms with Crippen LogP contribution in [-0.4, -0.2) is 28.4 Å². The molecular formula is C19H26N2O4. The highest BCUT2D eigenvalue weighted by molar-refractivity contribution is 6.04. The first-order valence-electron chi connectivity index (χ1n) is 8.58. The molecule has 0 atom stereocenters. The summed E-state index contributed by atoms with van der Waals surface area (Å²) in [5, 5.41) is 15.1. The van der Waals surface area contributed by atoms with Gasteiger partial charge >= 0.3 is 5.97 Å². The maximum atomic E-state index is 12.4. The fourth-order valence-electron chi connectivity index (χ4n) is 3.22. The standard InChI is InChI=1S/C19H26N2O4/c1-18(2,3)21-16(23)13-8-4-5-9-14(13)20-15(22)12-19(17(24)25)10-6-7-11-19/h4-5,8-9H,6-7,10-12H2,1-3H3,(H,20,22)(H,21,23)(H,24,25). The highest BCUT2D eigenvalue weighted by Gasteiger charge is 2.43. The number of hydrogen-bond acceptors (Lipinski definition) is 3. The first-order valence-corrected chi connectivity index (χ1v) is 8.58. The van der Waals surface area contributed by atoms with Gasteiger partial charge in [-0.2, -0.15) is 0 Å². The van der Waals surface area contributed by atoms with E-state index < -0.39 is 16.9 Å². The second kappa shape index (κ2) is 7.25. The Bertz CT molecular complexity index is 670. The number of carbonyl (C=O) groups is 3. The summed E-state index contributed by atoms with van der Waals surface area (Å²) in [7, 11) is 0. The van der Waals surface area contributed by atoms with E-state index in [4.69, 9.17) is 0 Å². The Labute approximate surface area is 148 Å². The Morgan fingerprint density at radius 2 is 1.72 bits per heavy atom. The predicted molar refractivity (Wildman–Crippen MR) is 95.4 cm³/mol. The number of para-hydroxylation sites is 1. The summed E-state index contributed by atoms with van der Waals surface area (Å²) in [6.07, 6.45) is 2.61. The summed E-state index contributed by atoms with van der Waals surface area (Å²) in [6, 6.07) is 6.74. The van der Waals surface area contributed by atoms with Gasteiger partial charge in [-0.15, -0.1) is 0 Å². The van der Waals surface area contributed by atoms with Crippen LogP contribution < -0.4 is 10.6 Å². The highest BCUT2D eigenvalue weighted by Crippen LogP contribution is 2.41. The number of carbonyl (C=O) groups excluding carboxylic acids is 2. The van der Waals surface area contributed by atoms with Crippen molar-refractivity contribution < 1.29 is 19.5 Å². The quantitative estimate of drug-likeness (QED) is 0.763. The van der Waals surface area contributed by atoms with Crippen molar-refractivity contribution in [3.05, 3.63) is 29.8 Å². The molecule has 0 saturated heterocycles. The zero-order valence-electron chi connectivity index (χ0n) is 15.0. The summed E-state index contributed by atoms with van der Waals surface area (Å²) in [4.78, 5) is 36.5. The Kier molecular flexibility index (Phi) is 5.50. The summed E-state index contributed by atoms with van der Waals surface area (Å²) in [5.74, 6) is -1.57. The van der Waals surface area contributed by atoms with Crippen LogP contribution in [0.15, 0.2) is 24.3 Å². The van der Waals surface area contributed by atoms with Gasteiger partial charge in [0.05, 0.1) is 16.7 Å². The number of rotatable bonds is 5. The Morgan fingerprint density at radius 3 is 2.28 bits per heavy atom. The van der Waals surface area contributed by atoms with Crippen molar-refractivity contribution >= 4 is 23.5 Å². The third-order valence-corrected chi connectivity index (χ3v) is 4.45. The first kappa shape index (κ1) is 19.0. The maximum Gasteiger partial charge on any atom is 0.310 e. The Balaban J connectivity index is 2.13. The number of benzene rings is 1. The molecule has 2 rings (SSSR count). The molecule has 3 N–H and O–H groups in total. The molecule has 136 valence electrons. The second-order valence-electron chi connectivity index (χ2n) is 7.77. The van der Waals surface area contributed by atoms with Crippen LogP contribution in [0.25, 0.3) is 0 Å². The minimum absolute atomic E-state index is 0.0719. The number of hydrogen-bond donors (Lipinski definition) is 3. The summed E-state index contributed by atoms with van der Waals surface area (Å²) in [5.41, 5.74) is -0.618. The molecule has 0 aromatic heterocycles. The highest BCUT2D eigenvalue weighted by atomic mass is 16.4. The van der Waals surface area contributed by atoms with Crippen LogP contribution in [0.4, 0.5) is 5.69 Å². The molecule has 1 saturated carbocycles. The third kappa shape index (κ3) is 4.81. The molecule has 0 heterocycles. The monoisotopic (exact) mass is 346 g/mol. The van der Waals surface area contributed by atoms with Gasteiger partial charge in [-0.05, 0) is 45.7 Å². The van der Waals surface area contributed by atoms with Crippen molar-refractivity contribution in [1.29, 1.82) is 0 Å². The normalized spacial score (nSPS) is 16.3. The van der Waals surface area contributed by atoms with Gasteiger partial charge < -0.3 is 15.7 Å². The van der Waals surface area contributed by atoms with Crippen molar-refractivity contribution in [3.63, 3.8) is 0 Å². The minimum atomic E-state index is -0.979. The summed E-state index contributed by atoms with van der Waals surface area (Å²) >= 11 is 0. The predicted octanol–water partition coefficient (Wildman–Crippen LogP) is 3.19. The molecule has 0 bridgehead atoms. The van der Waals surface area contributed by atoms with Crippen LogP contribution >= 0.6 is 0 Å². The smallest absolute Gasteiger partial charge is 0.310 e. The van der Waals surface area contributed by atoms with Gasteiger partial charge in [0.15, 0.2) is 0 Å². The van der Waals surface area contributed by atoms with Gasteiger partial charge in [0, 0.05) is 12.0 Å². The topological polar surface area (TPSA) is 95.5 Å². The third-order valence-electron chi connectivity index (χ3n) is 4.45. The van der Waals surface area contributed by atoms with Crippen LogP contribution in [0.5, 0.6) is 0 Å². The molecule has 0 aliphatic heterocycles. The van der Waals surface area contributed by atoms with E-state index in [0.29, 0.717) is 24.1 Å². The van der Waals surface area contributed by atoms with Crippen LogP contribution in [0.3, 0.4) is 0 Å². The van der Waals surface area contributed by atoms with Gasteiger partial charge in [-0.1, -0.05) is 25.0 Å². The van der Waals surface area contributed by atoms with E-state index in [0.717, 1.165) is 12.8 Å². The lowest BCUT2D eigenvalue weighted by atomic mass is 9.82. The maximum absolute atomic E-state index is 12.4. The zero-order valence-corrected chi connectivity index (χ0v) is 15.0. The zero-order chi connectivity index (χ0) is 18.7. The molecule has 1 aromatic carbocycles. The Hall–Kier alpha value is -2.37. The van der Waals surface area contributed by atoms with E-state index in [1.54, 1.807) is 24.3 Å². The van der Waals surface area contributed by atoms with Gasteiger partial charge in [0.2, 0.25) is 5.91 Å². The van der Waals surface area contributed by atoms with Gasteiger partial charge in [0.25, 0.3) is 5.91 Å². The lowest BCUT2D eigenvalue weighted by molar-refractivity contribution is -0.150. The number of amides is 2. The van der Waals surface area contributed by atoms with Gasteiger partial charge in [0.1, 0.15) is 0 Å². The van der Waals surface area contributed by atoms with E-state index in [1.807, 2.05) is 20.8 Å².